The van der Waals surface area contributed by atoms with Crippen LogP contribution in [0.4, 0.5) is 5.69 Å². The zero-order valence-corrected chi connectivity index (χ0v) is 12.2. The molecule has 0 bridgehead atoms. The van der Waals surface area contributed by atoms with Crippen LogP contribution in [0.25, 0.3) is 0 Å². The number of hydrogen-bond donors (Lipinski definition) is 2. The quantitative estimate of drug-likeness (QED) is 0.862. The molecular weight excluding hydrogens is 228 g/mol. The average Bonchev–Trinajstić information content (AvgIpc) is 2.56. The number of nitrogens with zero attached hydrogens (tertiary/aromatic N) is 2. The first-order valence-corrected chi connectivity index (χ1v) is 6.36. The van der Waals surface area contributed by atoms with Crippen molar-refractivity contribution in [1.29, 1.82) is 0 Å². The molecule has 1 heterocycles. The second-order valence-corrected chi connectivity index (χ2v) is 5.31. The van der Waals surface area contributed by atoms with E-state index in [9.17, 15) is 4.79 Å². The maximum absolute atomic E-state index is 12.1. The number of rotatable bonds is 4. The van der Waals surface area contributed by atoms with Crippen LogP contribution >= 0.6 is 0 Å². The molecule has 0 fully saturated rings. The minimum atomic E-state index is -0.848. The summed E-state index contributed by atoms with van der Waals surface area (Å²) in [6.45, 7) is 11.6. The first-order chi connectivity index (χ1) is 8.20. The van der Waals surface area contributed by atoms with Crippen LogP contribution in [0.1, 0.15) is 51.5 Å². The van der Waals surface area contributed by atoms with Gasteiger partial charge in [-0.25, -0.2) is 0 Å². The Morgan fingerprint density at radius 1 is 1.50 bits per heavy atom. The second kappa shape index (κ2) is 5.10. The second-order valence-electron chi connectivity index (χ2n) is 5.31. The van der Waals surface area contributed by atoms with Crippen LogP contribution in [-0.2, 0) is 4.79 Å². The van der Waals surface area contributed by atoms with E-state index in [4.69, 9.17) is 5.73 Å². The van der Waals surface area contributed by atoms with Gasteiger partial charge in [0.25, 0.3) is 0 Å². The summed E-state index contributed by atoms with van der Waals surface area (Å²) >= 11 is 0. The lowest BCUT2D eigenvalue weighted by Crippen LogP contribution is -2.47. The molecule has 0 aliphatic heterocycles. The molecule has 1 aromatic rings. The molecular formula is C13H24N4O. The maximum Gasteiger partial charge on any atom is 0.244 e. The van der Waals surface area contributed by atoms with Crippen LogP contribution in [0.3, 0.4) is 0 Å². The minimum Gasteiger partial charge on any atom is -0.321 e. The van der Waals surface area contributed by atoms with E-state index in [-0.39, 0.29) is 11.9 Å². The van der Waals surface area contributed by atoms with Gasteiger partial charge in [0.15, 0.2) is 0 Å². The van der Waals surface area contributed by atoms with Crippen LogP contribution in [0.2, 0.25) is 0 Å². The van der Waals surface area contributed by atoms with Gasteiger partial charge in [0.1, 0.15) is 0 Å². The molecule has 0 saturated heterocycles. The predicted molar refractivity (Wildman–Crippen MR) is 73.6 cm³/mol. The van der Waals surface area contributed by atoms with Crippen LogP contribution in [0.5, 0.6) is 0 Å². The Balaban J connectivity index is 3.03. The van der Waals surface area contributed by atoms with Crippen molar-refractivity contribution < 1.29 is 4.79 Å². The number of nitrogens with two attached hydrogens (primary N) is 1. The highest BCUT2D eigenvalue weighted by atomic mass is 16.2. The molecule has 0 saturated carbocycles. The van der Waals surface area contributed by atoms with Gasteiger partial charge in [-0.15, -0.1) is 0 Å². The fourth-order valence-corrected chi connectivity index (χ4v) is 1.76. The lowest BCUT2D eigenvalue weighted by Gasteiger charge is -2.21. The predicted octanol–water partition coefficient (Wildman–Crippen LogP) is 2.15. The van der Waals surface area contributed by atoms with E-state index in [1.54, 1.807) is 6.92 Å². The smallest absolute Gasteiger partial charge is 0.244 e. The molecule has 0 radical (unpaired) electrons. The summed E-state index contributed by atoms with van der Waals surface area (Å²) < 4.78 is 1.91. The van der Waals surface area contributed by atoms with Crippen LogP contribution in [0.15, 0.2) is 0 Å². The van der Waals surface area contributed by atoms with Crippen molar-refractivity contribution in [3.8, 4) is 0 Å². The monoisotopic (exact) mass is 252 g/mol. The molecule has 5 nitrogen and oxygen atoms in total. The Labute approximate surface area is 109 Å². The number of aryl methyl sites for hydroxylation is 1. The molecule has 3 N–H and O–H groups in total. The third-order valence-electron chi connectivity index (χ3n) is 3.31. The molecule has 5 heteroatoms. The van der Waals surface area contributed by atoms with E-state index in [1.807, 2.05) is 25.5 Å². The maximum atomic E-state index is 12.1. The van der Waals surface area contributed by atoms with Crippen molar-refractivity contribution in [2.45, 2.75) is 59.5 Å². The number of amides is 1. The summed E-state index contributed by atoms with van der Waals surface area (Å²) in [4.78, 5) is 12.1. The number of nitrogens with one attached hydrogen (secondary N) is 1. The molecule has 0 aliphatic carbocycles. The largest absolute Gasteiger partial charge is 0.321 e. The highest BCUT2D eigenvalue weighted by molar-refractivity contribution is 5.98. The van der Waals surface area contributed by atoms with Gasteiger partial charge in [-0.2, -0.15) is 5.10 Å². The highest BCUT2D eigenvalue weighted by Gasteiger charge is 2.27. The Bertz CT molecular complexity index is 446. The lowest BCUT2D eigenvalue weighted by molar-refractivity contribution is -0.120. The summed E-state index contributed by atoms with van der Waals surface area (Å²) in [6, 6.07) is 0.268. The lowest BCUT2D eigenvalue weighted by atomic mass is 9.99. The van der Waals surface area contributed by atoms with Gasteiger partial charge in [0.2, 0.25) is 5.91 Å². The van der Waals surface area contributed by atoms with Crippen molar-refractivity contribution in [2.75, 3.05) is 5.32 Å². The van der Waals surface area contributed by atoms with E-state index >= 15 is 0 Å². The van der Waals surface area contributed by atoms with E-state index in [0.717, 1.165) is 17.1 Å². The third-order valence-corrected chi connectivity index (χ3v) is 3.31. The van der Waals surface area contributed by atoms with Crippen molar-refractivity contribution in [1.82, 2.24) is 9.78 Å². The Kier molecular flexibility index (Phi) is 4.16. The normalized spacial score (nSPS) is 14.7. The molecule has 1 rings (SSSR count). The summed E-state index contributed by atoms with van der Waals surface area (Å²) in [6.07, 6.45) is 0.593. The van der Waals surface area contributed by atoms with Gasteiger partial charge >= 0.3 is 0 Å². The number of aromatic nitrogens is 2. The molecule has 0 spiro atoms. The summed E-state index contributed by atoms with van der Waals surface area (Å²) in [5.41, 5.74) is 7.64. The van der Waals surface area contributed by atoms with Crippen molar-refractivity contribution in [2.24, 2.45) is 5.73 Å². The Morgan fingerprint density at radius 2 is 2.06 bits per heavy atom. The van der Waals surface area contributed by atoms with E-state index in [0.29, 0.717) is 6.42 Å². The van der Waals surface area contributed by atoms with Gasteiger partial charge < -0.3 is 11.1 Å². The molecule has 1 amide bonds. The van der Waals surface area contributed by atoms with Crippen LogP contribution in [-0.4, -0.2) is 21.2 Å². The summed E-state index contributed by atoms with van der Waals surface area (Å²) in [7, 11) is 0. The topological polar surface area (TPSA) is 72.9 Å². The fourth-order valence-electron chi connectivity index (χ4n) is 1.76. The Morgan fingerprint density at radius 3 is 2.44 bits per heavy atom. The van der Waals surface area contributed by atoms with Gasteiger partial charge in [-0.1, -0.05) is 6.92 Å². The van der Waals surface area contributed by atoms with Crippen molar-refractivity contribution in [3.63, 3.8) is 0 Å². The first-order valence-electron chi connectivity index (χ1n) is 6.36. The summed E-state index contributed by atoms with van der Waals surface area (Å²) in [5, 5.41) is 7.33. The SMILES string of the molecule is CCC(C)(N)C(=O)Nc1c(C)nn(C(C)C)c1C. The highest BCUT2D eigenvalue weighted by Crippen LogP contribution is 2.23. The third kappa shape index (κ3) is 2.72. The van der Waals surface area contributed by atoms with Crippen LogP contribution in [0, 0.1) is 13.8 Å². The van der Waals surface area contributed by atoms with Crippen LogP contribution < -0.4 is 11.1 Å². The number of carbonyl (C=O) groups excluding carboxylic acids is 1. The zero-order valence-electron chi connectivity index (χ0n) is 12.2. The summed E-state index contributed by atoms with van der Waals surface area (Å²) in [5.74, 6) is -0.167. The fraction of sp³-hybridized carbons (Fsp3) is 0.692. The van der Waals surface area contributed by atoms with Crippen molar-refractivity contribution in [3.05, 3.63) is 11.4 Å². The van der Waals surface area contributed by atoms with Crippen molar-refractivity contribution >= 4 is 11.6 Å². The molecule has 0 aromatic carbocycles. The molecule has 1 unspecified atom stereocenters. The molecule has 102 valence electrons. The first kappa shape index (κ1) is 14.7. The molecule has 0 aliphatic rings. The number of carbonyl (C=O) groups is 1. The van der Waals surface area contributed by atoms with Gasteiger partial charge in [-0.3, -0.25) is 9.48 Å². The van der Waals surface area contributed by atoms with Gasteiger partial charge in [-0.05, 0) is 41.0 Å². The zero-order chi connectivity index (χ0) is 14.1. The van der Waals surface area contributed by atoms with Gasteiger partial charge in [0.05, 0.1) is 22.6 Å². The van der Waals surface area contributed by atoms with E-state index in [2.05, 4.69) is 24.3 Å². The van der Waals surface area contributed by atoms with E-state index in [1.165, 1.54) is 0 Å². The Hall–Kier alpha value is -1.36. The minimum absolute atomic E-state index is 0.167. The average molecular weight is 252 g/mol. The molecule has 1 aromatic heterocycles. The molecule has 1 atom stereocenters. The van der Waals surface area contributed by atoms with Gasteiger partial charge in [0, 0.05) is 6.04 Å². The number of anilines is 1. The number of hydrogen-bond acceptors (Lipinski definition) is 3. The molecule has 18 heavy (non-hydrogen) atoms. The standard InChI is InChI=1S/C13H24N4O/c1-7-13(6,14)12(18)15-11-9(4)16-17(8(2)3)10(11)5/h8H,7,14H2,1-6H3,(H,15,18). The van der Waals surface area contributed by atoms with E-state index < -0.39 is 5.54 Å².